The third-order valence-electron chi connectivity index (χ3n) is 2.72. The molecular formula is C12H18BrCl2N3O. The van der Waals surface area contributed by atoms with Crippen LogP contribution in [-0.4, -0.2) is 43.5 Å². The Kier molecular flexibility index (Phi) is 9.39. The number of halogens is 3. The molecule has 0 bridgehead atoms. The highest BCUT2D eigenvalue weighted by atomic mass is 79.9. The molecule has 1 aromatic carbocycles. The fraction of sp³-hybridized carbons (Fsp3) is 0.417. The highest BCUT2D eigenvalue weighted by molar-refractivity contribution is 9.10. The Labute approximate surface area is 134 Å². The summed E-state index contributed by atoms with van der Waals surface area (Å²) in [5, 5.41) is 6.18. The SMILES string of the molecule is Cl.Cl.O=C(CN1CCNCC1)Nc1ccccc1Br. The molecule has 0 radical (unpaired) electrons. The molecule has 0 spiro atoms. The fourth-order valence-corrected chi connectivity index (χ4v) is 2.21. The molecule has 0 atom stereocenters. The summed E-state index contributed by atoms with van der Waals surface area (Å²) in [6.45, 7) is 4.25. The fourth-order valence-electron chi connectivity index (χ4n) is 1.82. The number of para-hydroxylation sites is 1. The number of piperazine rings is 1. The van der Waals surface area contributed by atoms with Crippen molar-refractivity contribution in [3.05, 3.63) is 28.7 Å². The predicted octanol–water partition coefficient (Wildman–Crippen LogP) is 2.14. The third-order valence-corrected chi connectivity index (χ3v) is 3.42. The van der Waals surface area contributed by atoms with Gasteiger partial charge in [-0.2, -0.15) is 0 Å². The third kappa shape index (κ3) is 6.10. The van der Waals surface area contributed by atoms with Gasteiger partial charge in [0.15, 0.2) is 0 Å². The standard InChI is InChI=1S/C12H16BrN3O.2ClH/c13-10-3-1-2-4-11(10)15-12(17)9-16-7-5-14-6-8-16;;/h1-4,14H,5-9H2,(H,15,17);2*1H. The summed E-state index contributed by atoms with van der Waals surface area (Å²) >= 11 is 3.41. The van der Waals surface area contributed by atoms with E-state index in [9.17, 15) is 4.79 Å². The van der Waals surface area contributed by atoms with Gasteiger partial charge in [0, 0.05) is 30.7 Å². The minimum atomic E-state index is 0. The molecule has 1 aromatic rings. The first-order valence-electron chi connectivity index (χ1n) is 5.73. The van der Waals surface area contributed by atoms with Crippen LogP contribution in [0.15, 0.2) is 28.7 Å². The number of anilines is 1. The minimum Gasteiger partial charge on any atom is -0.324 e. The molecule has 1 aliphatic heterocycles. The van der Waals surface area contributed by atoms with Gasteiger partial charge >= 0.3 is 0 Å². The van der Waals surface area contributed by atoms with E-state index in [-0.39, 0.29) is 30.7 Å². The molecule has 1 fully saturated rings. The smallest absolute Gasteiger partial charge is 0.238 e. The average molecular weight is 371 g/mol. The van der Waals surface area contributed by atoms with Crippen LogP contribution in [0.3, 0.4) is 0 Å². The number of hydrogen-bond donors (Lipinski definition) is 2. The van der Waals surface area contributed by atoms with Crippen molar-refractivity contribution < 1.29 is 4.79 Å². The zero-order valence-corrected chi connectivity index (χ0v) is 13.6. The van der Waals surface area contributed by atoms with Crippen LogP contribution in [0.4, 0.5) is 5.69 Å². The molecule has 19 heavy (non-hydrogen) atoms. The van der Waals surface area contributed by atoms with E-state index in [0.717, 1.165) is 36.3 Å². The first kappa shape index (κ1) is 18.7. The lowest BCUT2D eigenvalue weighted by atomic mass is 10.3. The molecule has 0 aliphatic carbocycles. The van der Waals surface area contributed by atoms with Crippen LogP contribution in [0.1, 0.15) is 0 Å². The van der Waals surface area contributed by atoms with Crippen LogP contribution in [0.25, 0.3) is 0 Å². The van der Waals surface area contributed by atoms with Crippen LogP contribution >= 0.6 is 40.7 Å². The van der Waals surface area contributed by atoms with Gasteiger partial charge in [-0.3, -0.25) is 9.69 Å². The summed E-state index contributed by atoms with van der Waals surface area (Å²) in [4.78, 5) is 14.0. The molecule has 1 amide bonds. The molecule has 1 aliphatic rings. The summed E-state index contributed by atoms with van der Waals surface area (Å²) in [5.74, 6) is 0.0406. The summed E-state index contributed by atoms with van der Waals surface area (Å²) < 4.78 is 0.911. The Morgan fingerprint density at radius 3 is 2.53 bits per heavy atom. The Morgan fingerprint density at radius 2 is 1.89 bits per heavy atom. The van der Waals surface area contributed by atoms with E-state index in [0.29, 0.717) is 6.54 Å². The number of carbonyl (C=O) groups excluding carboxylic acids is 1. The van der Waals surface area contributed by atoms with E-state index < -0.39 is 0 Å². The lowest BCUT2D eigenvalue weighted by Gasteiger charge is -2.26. The van der Waals surface area contributed by atoms with Crippen molar-refractivity contribution in [1.82, 2.24) is 10.2 Å². The van der Waals surface area contributed by atoms with Gasteiger partial charge in [-0.15, -0.1) is 24.8 Å². The summed E-state index contributed by atoms with van der Waals surface area (Å²) in [6, 6.07) is 7.64. The number of carbonyl (C=O) groups is 1. The number of hydrogen-bond acceptors (Lipinski definition) is 3. The zero-order valence-electron chi connectivity index (χ0n) is 10.4. The van der Waals surface area contributed by atoms with Crippen LogP contribution < -0.4 is 10.6 Å². The van der Waals surface area contributed by atoms with E-state index in [1.165, 1.54) is 0 Å². The Morgan fingerprint density at radius 1 is 1.26 bits per heavy atom. The number of nitrogens with one attached hydrogen (secondary N) is 2. The van der Waals surface area contributed by atoms with Crippen molar-refractivity contribution in [3.8, 4) is 0 Å². The second-order valence-corrected chi connectivity index (χ2v) is 4.91. The van der Waals surface area contributed by atoms with Crippen molar-refractivity contribution in [2.75, 3.05) is 38.0 Å². The lowest BCUT2D eigenvalue weighted by Crippen LogP contribution is -2.46. The van der Waals surface area contributed by atoms with E-state index in [2.05, 4.69) is 31.5 Å². The van der Waals surface area contributed by atoms with Gasteiger partial charge in [0.25, 0.3) is 0 Å². The highest BCUT2D eigenvalue weighted by Gasteiger charge is 2.13. The maximum absolute atomic E-state index is 11.8. The molecule has 7 heteroatoms. The number of rotatable bonds is 3. The van der Waals surface area contributed by atoms with Crippen molar-refractivity contribution in [1.29, 1.82) is 0 Å². The molecule has 0 saturated carbocycles. The lowest BCUT2D eigenvalue weighted by molar-refractivity contribution is -0.117. The predicted molar refractivity (Wildman–Crippen MR) is 86.6 cm³/mol. The van der Waals surface area contributed by atoms with Gasteiger partial charge in [0.1, 0.15) is 0 Å². The molecular weight excluding hydrogens is 353 g/mol. The second kappa shape index (κ2) is 9.55. The molecule has 2 N–H and O–H groups in total. The zero-order chi connectivity index (χ0) is 12.1. The summed E-state index contributed by atoms with van der Waals surface area (Å²) in [5.41, 5.74) is 0.827. The van der Waals surface area contributed by atoms with Gasteiger partial charge in [0.05, 0.1) is 12.2 Å². The molecule has 2 rings (SSSR count). The molecule has 108 valence electrons. The number of benzene rings is 1. The van der Waals surface area contributed by atoms with Crippen LogP contribution in [0.5, 0.6) is 0 Å². The number of nitrogens with zero attached hydrogens (tertiary/aromatic N) is 1. The molecule has 1 heterocycles. The van der Waals surface area contributed by atoms with Crippen molar-refractivity contribution in [3.63, 3.8) is 0 Å². The van der Waals surface area contributed by atoms with Gasteiger partial charge in [-0.25, -0.2) is 0 Å². The van der Waals surface area contributed by atoms with Crippen molar-refractivity contribution >= 4 is 52.3 Å². The van der Waals surface area contributed by atoms with Gasteiger partial charge in [-0.1, -0.05) is 12.1 Å². The quantitative estimate of drug-likeness (QED) is 0.856. The van der Waals surface area contributed by atoms with Gasteiger partial charge in [-0.05, 0) is 28.1 Å². The second-order valence-electron chi connectivity index (χ2n) is 4.05. The number of amides is 1. The minimum absolute atomic E-state index is 0. The first-order chi connectivity index (χ1) is 8.25. The summed E-state index contributed by atoms with van der Waals surface area (Å²) in [7, 11) is 0. The molecule has 1 saturated heterocycles. The van der Waals surface area contributed by atoms with Gasteiger partial charge < -0.3 is 10.6 Å². The maximum atomic E-state index is 11.8. The Bertz CT molecular complexity index is 400. The Balaban J connectivity index is 0.00000162. The van der Waals surface area contributed by atoms with Gasteiger partial charge in [0.2, 0.25) is 5.91 Å². The first-order valence-corrected chi connectivity index (χ1v) is 6.52. The van der Waals surface area contributed by atoms with Crippen molar-refractivity contribution in [2.24, 2.45) is 0 Å². The molecule has 0 unspecified atom stereocenters. The van der Waals surface area contributed by atoms with Crippen molar-refractivity contribution in [2.45, 2.75) is 0 Å². The molecule has 0 aromatic heterocycles. The van der Waals surface area contributed by atoms with E-state index >= 15 is 0 Å². The average Bonchev–Trinajstić information content (AvgIpc) is 2.33. The monoisotopic (exact) mass is 369 g/mol. The van der Waals surface area contributed by atoms with Crippen LogP contribution in [-0.2, 0) is 4.79 Å². The molecule has 4 nitrogen and oxygen atoms in total. The van der Waals surface area contributed by atoms with E-state index in [1.807, 2.05) is 24.3 Å². The van der Waals surface area contributed by atoms with Crippen LogP contribution in [0, 0.1) is 0 Å². The summed E-state index contributed by atoms with van der Waals surface area (Å²) in [6.07, 6.45) is 0. The highest BCUT2D eigenvalue weighted by Crippen LogP contribution is 2.20. The normalized spacial score (nSPS) is 15.0. The topological polar surface area (TPSA) is 44.4 Å². The van der Waals surface area contributed by atoms with Crippen LogP contribution in [0.2, 0.25) is 0 Å². The maximum Gasteiger partial charge on any atom is 0.238 e. The Hall–Kier alpha value is -0.330. The largest absolute Gasteiger partial charge is 0.324 e. The van der Waals surface area contributed by atoms with E-state index in [4.69, 9.17) is 0 Å². The van der Waals surface area contributed by atoms with E-state index in [1.54, 1.807) is 0 Å².